The summed E-state index contributed by atoms with van der Waals surface area (Å²) in [6.45, 7) is 7.35. The Morgan fingerprint density at radius 2 is 1.84 bits per heavy atom. The van der Waals surface area contributed by atoms with Crippen LogP contribution in [0.15, 0.2) is 47.6 Å². The summed E-state index contributed by atoms with van der Waals surface area (Å²) in [5, 5.41) is 7.05. The van der Waals surface area contributed by atoms with E-state index >= 15 is 0 Å². The lowest BCUT2D eigenvalue weighted by molar-refractivity contribution is 0.129. The van der Waals surface area contributed by atoms with Crippen molar-refractivity contribution in [3.63, 3.8) is 0 Å². The van der Waals surface area contributed by atoms with E-state index in [0.717, 1.165) is 16.9 Å². The molecule has 0 aliphatic heterocycles. The first-order valence-electron chi connectivity index (χ1n) is 8.19. The first-order chi connectivity index (χ1) is 11.9. The molecule has 2 aromatic rings. The lowest BCUT2D eigenvalue weighted by atomic mass is 10.1. The topological polar surface area (TPSA) is 58.5 Å². The van der Waals surface area contributed by atoms with Crippen molar-refractivity contribution in [1.82, 2.24) is 15.6 Å². The zero-order chi connectivity index (χ0) is 18.3. The molecular formula is C19H25ClN4O. The van der Waals surface area contributed by atoms with Crippen LogP contribution in [0.4, 0.5) is 0 Å². The normalized spacial score (nSPS) is 12.0. The highest BCUT2D eigenvalue weighted by Crippen LogP contribution is 2.22. The van der Waals surface area contributed by atoms with E-state index in [4.69, 9.17) is 16.3 Å². The molecule has 0 aliphatic rings. The highest BCUT2D eigenvalue weighted by molar-refractivity contribution is 6.29. The van der Waals surface area contributed by atoms with Gasteiger partial charge >= 0.3 is 0 Å². The second-order valence-electron chi connectivity index (χ2n) is 6.59. The molecule has 0 unspecified atom stereocenters. The summed E-state index contributed by atoms with van der Waals surface area (Å²) >= 11 is 5.80. The number of pyridine rings is 1. The van der Waals surface area contributed by atoms with Crippen molar-refractivity contribution in [3.8, 4) is 5.75 Å². The number of aromatic nitrogens is 1. The van der Waals surface area contributed by atoms with Crippen LogP contribution in [0.25, 0.3) is 0 Å². The first kappa shape index (κ1) is 19.1. The molecule has 0 saturated carbocycles. The van der Waals surface area contributed by atoms with Gasteiger partial charge in [-0.05, 0) is 38.5 Å². The van der Waals surface area contributed by atoms with E-state index < -0.39 is 0 Å². The molecule has 5 nitrogen and oxygen atoms in total. The van der Waals surface area contributed by atoms with Gasteiger partial charge in [0, 0.05) is 31.9 Å². The molecule has 0 saturated heterocycles. The molecule has 0 spiro atoms. The van der Waals surface area contributed by atoms with Gasteiger partial charge in [0.25, 0.3) is 0 Å². The van der Waals surface area contributed by atoms with Crippen LogP contribution in [0.3, 0.4) is 0 Å². The molecule has 2 rings (SSSR count). The Morgan fingerprint density at radius 3 is 2.48 bits per heavy atom. The minimum absolute atomic E-state index is 0.238. The number of para-hydroxylation sites is 1. The lowest BCUT2D eigenvalue weighted by Crippen LogP contribution is -2.36. The van der Waals surface area contributed by atoms with Crippen molar-refractivity contribution in [2.45, 2.75) is 39.5 Å². The maximum atomic E-state index is 6.02. The quantitative estimate of drug-likeness (QED) is 0.484. The van der Waals surface area contributed by atoms with Gasteiger partial charge in [0.15, 0.2) is 5.96 Å². The summed E-state index contributed by atoms with van der Waals surface area (Å²) in [6.07, 6.45) is 1.75. The van der Waals surface area contributed by atoms with Crippen LogP contribution in [0.2, 0.25) is 5.15 Å². The fourth-order valence-corrected chi connectivity index (χ4v) is 2.29. The van der Waals surface area contributed by atoms with E-state index in [-0.39, 0.29) is 5.60 Å². The first-order valence-corrected chi connectivity index (χ1v) is 8.57. The van der Waals surface area contributed by atoms with Crippen LogP contribution in [0.1, 0.15) is 31.9 Å². The highest BCUT2D eigenvalue weighted by Gasteiger charge is 2.14. The molecule has 0 atom stereocenters. The largest absolute Gasteiger partial charge is 0.488 e. The summed E-state index contributed by atoms with van der Waals surface area (Å²) in [5.74, 6) is 1.58. The molecule has 0 bridgehead atoms. The molecule has 6 heteroatoms. The van der Waals surface area contributed by atoms with Crippen LogP contribution in [0.5, 0.6) is 5.75 Å². The van der Waals surface area contributed by atoms with Crippen LogP contribution in [-0.4, -0.2) is 23.6 Å². The van der Waals surface area contributed by atoms with E-state index in [2.05, 4.69) is 20.6 Å². The van der Waals surface area contributed by atoms with Crippen molar-refractivity contribution < 1.29 is 4.74 Å². The molecule has 134 valence electrons. The number of nitrogens with zero attached hydrogens (tertiary/aromatic N) is 2. The monoisotopic (exact) mass is 360 g/mol. The molecule has 1 aromatic heterocycles. The average Bonchev–Trinajstić information content (AvgIpc) is 2.56. The molecule has 1 heterocycles. The Morgan fingerprint density at radius 1 is 1.12 bits per heavy atom. The summed E-state index contributed by atoms with van der Waals surface area (Å²) in [5.41, 5.74) is 1.87. The van der Waals surface area contributed by atoms with Crippen LogP contribution < -0.4 is 15.4 Å². The van der Waals surface area contributed by atoms with Crippen molar-refractivity contribution in [2.24, 2.45) is 4.99 Å². The number of rotatable bonds is 5. The number of halogens is 1. The van der Waals surface area contributed by atoms with Gasteiger partial charge in [-0.15, -0.1) is 0 Å². The molecule has 0 aliphatic carbocycles. The van der Waals surface area contributed by atoms with E-state index in [1.807, 2.05) is 51.1 Å². The van der Waals surface area contributed by atoms with Gasteiger partial charge in [-0.2, -0.15) is 0 Å². The average molecular weight is 361 g/mol. The van der Waals surface area contributed by atoms with Gasteiger partial charge in [-0.3, -0.25) is 4.99 Å². The van der Waals surface area contributed by atoms with E-state index in [9.17, 15) is 0 Å². The van der Waals surface area contributed by atoms with Crippen LogP contribution in [0, 0.1) is 0 Å². The Kier molecular flexibility index (Phi) is 6.65. The number of benzene rings is 1. The van der Waals surface area contributed by atoms with E-state index in [1.54, 1.807) is 19.3 Å². The minimum atomic E-state index is -0.238. The number of nitrogens with one attached hydrogen (secondary N) is 2. The highest BCUT2D eigenvalue weighted by atomic mass is 35.5. The van der Waals surface area contributed by atoms with Gasteiger partial charge in [0.1, 0.15) is 16.5 Å². The zero-order valence-electron chi connectivity index (χ0n) is 15.1. The molecule has 2 N–H and O–H groups in total. The fraction of sp³-hybridized carbons (Fsp3) is 0.368. The number of guanidine groups is 1. The number of aliphatic imine (C=N–C) groups is 1. The Hall–Kier alpha value is -2.27. The molecular weight excluding hydrogens is 336 g/mol. The summed E-state index contributed by atoms with van der Waals surface area (Å²) in [4.78, 5) is 8.32. The molecule has 0 fully saturated rings. The predicted octanol–water partition coefficient (Wildman–Crippen LogP) is 3.78. The molecule has 0 amide bonds. The second-order valence-corrected chi connectivity index (χ2v) is 6.98. The Labute approximate surface area is 154 Å². The standard InChI is InChI=1S/C19H25ClN4O/c1-19(2,3)25-16-8-6-5-7-15(16)13-24-18(21-4)23-12-14-9-10-17(20)22-11-14/h5-11H,12-13H2,1-4H3,(H2,21,23,24). The molecule has 1 aromatic carbocycles. The smallest absolute Gasteiger partial charge is 0.191 e. The van der Waals surface area contributed by atoms with Gasteiger partial charge < -0.3 is 15.4 Å². The van der Waals surface area contributed by atoms with Gasteiger partial charge in [0.05, 0.1) is 0 Å². The van der Waals surface area contributed by atoms with Gasteiger partial charge in [-0.25, -0.2) is 4.98 Å². The zero-order valence-corrected chi connectivity index (χ0v) is 15.9. The fourth-order valence-electron chi connectivity index (χ4n) is 2.18. The van der Waals surface area contributed by atoms with E-state index in [0.29, 0.717) is 24.2 Å². The minimum Gasteiger partial charge on any atom is -0.488 e. The molecule has 0 radical (unpaired) electrons. The third-order valence-corrected chi connectivity index (χ3v) is 3.53. The van der Waals surface area contributed by atoms with Crippen LogP contribution in [-0.2, 0) is 13.1 Å². The molecule has 25 heavy (non-hydrogen) atoms. The van der Waals surface area contributed by atoms with Crippen molar-refractivity contribution in [2.75, 3.05) is 7.05 Å². The van der Waals surface area contributed by atoms with E-state index in [1.165, 1.54) is 0 Å². The Bertz CT molecular complexity index is 708. The predicted molar refractivity (Wildman–Crippen MR) is 103 cm³/mol. The van der Waals surface area contributed by atoms with Gasteiger partial charge in [0.2, 0.25) is 0 Å². The van der Waals surface area contributed by atoms with Crippen molar-refractivity contribution >= 4 is 17.6 Å². The maximum absolute atomic E-state index is 6.02. The lowest BCUT2D eigenvalue weighted by Gasteiger charge is -2.23. The summed E-state index contributed by atoms with van der Waals surface area (Å²) in [7, 11) is 1.74. The number of hydrogen-bond acceptors (Lipinski definition) is 3. The van der Waals surface area contributed by atoms with Crippen molar-refractivity contribution in [1.29, 1.82) is 0 Å². The van der Waals surface area contributed by atoms with Crippen molar-refractivity contribution in [3.05, 3.63) is 58.9 Å². The summed E-state index contributed by atoms with van der Waals surface area (Å²) < 4.78 is 6.02. The van der Waals surface area contributed by atoms with Crippen LogP contribution >= 0.6 is 11.6 Å². The number of ether oxygens (including phenoxy) is 1. The Balaban J connectivity index is 1.93. The second kappa shape index (κ2) is 8.72. The maximum Gasteiger partial charge on any atom is 0.191 e. The van der Waals surface area contributed by atoms with Gasteiger partial charge in [-0.1, -0.05) is 35.9 Å². The third-order valence-electron chi connectivity index (χ3n) is 3.31. The number of hydrogen-bond donors (Lipinski definition) is 2. The summed E-state index contributed by atoms with van der Waals surface area (Å²) in [6, 6.07) is 11.7. The third kappa shape index (κ3) is 6.63. The SMILES string of the molecule is CN=C(NCc1ccc(Cl)nc1)NCc1ccccc1OC(C)(C)C.